The second-order valence-electron chi connectivity index (χ2n) is 6.36. The third-order valence-electron chi connectivity index (χ3n) is 4.52. The van der Waals surface area contributed by atoms with Gasteiger partial charge in [0, 0.05) is 19.6 Å². The number of hydrogen-bond donors (Lipinski definition) is 0. The fourth-order valence-electron chi connectivity index (χ4n) is 3.21. The fourth-order valence-corrected chi connectivity index (χ4v) is 4.07. The maximum Gasteiger partial charge on any atom is 0.236 e. The zero-order chi connectivity index (χ0) is 16.9. The minimum Gasteiger partial charge on any atom is -0.338 e. The first-order valence-electron chi connectivity index (χ1n) is 8.50. The molecule has 0 aliphatic carbocycles. The van der Waals surface area contributed by atoms with Crippen molar-refractivity contribution in [3.05, 3.63) is 42.2 Å². The van der Waals surface area contributed by atoms with Crippen LogP contribution in [-0.2, 0) is 18.3 Å². The Labute approximate surface area is 147 Å². The smallest absolute Gasteiger partial charge is 0.236 e. The molecule has 2 heterocycles. The van der Waals surface area contributed by atoms with Gasteiger partial charge in [-0.3, -0.25) is 4.79 Å². The van der Waals surface area contributed by atoms with E-state index in [4.69, 9.17) is 0 Å². The molecule has 1 amide bonds. The van der Waals surface area contributed by atoms with Crippen molar-refractivity contribution in [1.29, 1.82) is 0 Å². The van der Waals surface area contributed by atoms with Crippen LogP contribution in [0, 0.1) is 0 Å². The minimum atomic E-state index is -0.149. The third kappa shape index (κ3) is 3.98. The quantitative estimate of drug-likeness (QED) is 0.783. The van der Waals surface area contributed by atoms with Crippen LogP contribution in [0.2, 0.25) is 0 Å². The molecule has 0 radical (unpaired) electrons. The Bertz CT molecular complexity index is 673. The van der Waals surface area contributed by atoms with Gasteiger partial charge in [0.1, 0.15) is 6.33 Å². The zero-order valence-electron chi connectivity index (χ0n) is 14.3. The Kier molecular flexibility index (Phi) is 5.56. The molecule has 0 spiro atoms. The summed E-state index contributed by atoms with van der Waals surface area (Å²) in [5.41, 5.74) is 1.30. The topological polar surface area (TPSA) is 51.0 Å². The predicted octanol–water partition coefficient (Wildman–Crippen LogP) is 2.92. The molecule has 2 aromatic rings. The van der Waals surface area contributed by atoms with Crippen molar-refractivity contribution in [1.82, 2.24) is 19.7 Å². The number of likely N-dealkylation sites (tertiary alicyclic amines) is 1. The van der Waals surface area contributed by atoms with Crippen LogP contribution in [0.15, 0.2) is 41.8 Å². The molecular formula is C18H24N4OS. The first-order chi connectivity index (χ1) is 11.6. The van der Waals surface area contributed by atoms with Gasteiger partial charge in [0.05, 0.1) is 5.25 Å². The average Bonchev–Trinajstić information content (AvgIpc) is 3.00. The lowest BCUT2D eigenvalue weighted by Crippen LogP contribution is -2.47. The van der Waals surface area contributed by atoms with E-state index in [2.05, 4.69) is 39.4 Å². The van der Waals surface area contributed by atoms with Gasteiger partial charge in [-0.05, 0) is 38.2 Å². The van der Waals surface area contributed by atoms with Crippen molar-refractivity contribution in [3.8, 4) is 0 Å². The molecule has 6 heteroatoms. The molecule has 5 nitrogen and oxygen atoms in total. The maximum absolute atomic E-state index is 13.0. The van der Waals surface area contributed by atoms with Gasteiger partial charge in [-0.25, -0.2) is 0 Å². The van der Waals surface area contributed by atoms with Crippen LogP contribution in [-0.4, -0.2) is 43.4 Å². The highest BCUT2D eigenvalue weighted by Gasteiger charge is 2.30. The number of rotatable bonds is 5. The van der Waals surface area contributed by atoms with Gasteiger partial charge in [0.15, 0.2) is 5.16 Å². The molecule has 1 aromatic heterocycles. The van der Waals surface area contributed by atoms with Gasteiger partial charge in [-0.2, -0.15) is 0 Å². The summed E-state index contributed by atoms with van der Waals surface area (Å²) in [6, 6.07) is 10.8. The van der Waals surface area contributed by atoms with Gasteiger partial charge < -0.3 is 9.47 Å². The van der Waals surface area contributed by atoms with E-state index in [1.54, 1.807) is 6.33 Å². The molecule has 0 saturated carbocycles. The van der Waals surface area contributed by atoms with Crippen molar-refractivity contribution >= 4 is 17.7 Å². The summed E-state index contributed by atoms with van der Waals surface area (Å²) in [5.74, 6) is 0.212. The lowest BCUT2D eigenvalue weighted by atomic mass is 9.95. The lowest BCUT2D eigenvalue weighted by Gasteiger charge is -2.37. The summed E-state index contributed by atoms with van der Waals surface area (Å²) in [6.07, 6.45) is 5.99. The molecule has 0 N–H and O–H groups in total. The van der Waals surface area contributed by atoms with Crippen LogP contribution < -0.4 is 0 Å². The Hall–Kier alpha value is -1.82. The number of thioether (sulfide) groups is 1. The van der Waals surface area contributed by atoms with Crippen LogP contribution in [0.25, 0.3) is 0 Å². The molecule has 128 valence electrons. The Balaban J connectivity index is 1.67. The van der Waals surface area contributed by atoms with E-state index in [1.165, 1.54) is 23.7 Å². The van der Waals surface area contributed by atoms with E-state index in [1.807, 2.05) is 24.6 Å². The first kappa shape index (κ1) is 17.0. The fraction of sp³-hybridized carbons (Fsp3) is 0.500. The normalized spacial score (nSPS) is 19.2. The SMILES string of the molecule is C[C@@H](Sc1nncn1C)C(=O)N1CCCC[C@@H]1Cc1ccccc1. The maximum atomic E-state index is 13.0. The Morgan fingerprint density at radius 1 is 1.33 bits per heavy atom. The van der Waals surface area contributed by atoms with Crippen LogP contribution >= 0.6 is 11.8 Å². The summed E-state index contributed by atoms with van der Waals surface area (Å²) < 4.78 is 1.85. The van der Waals surface area contributed by atoms with E-state index < -0.39 is 0 Å². The second-order valence-corrected chi connectivity index (χ2v) is 7.66. The van der Waals surface area contributed by atoms with E-state index in [0.29, 0.717) is 6.04 Å². The van der Waals surface area contributed by atoms with Crippen LogP contribution in [0.4, 0.5) is 0 Å². The second kappa shape index (κ2) is 7.83. The number of carbonyl (C=O) groups is 1. The standard InChI is InChI=1S/C18H24N4OS/c1-14(24-18-20-19-13-21(18)2)17(23)22-11-7-6-10-16(22)12-15-8-4-3-5-9-15/h3-5,8-9,13-14,16H,6-7,10-12H2,1-2H3/t14-,16-/m1/s1. The highest BCUT2D eigenvalue weighted by atomic mass is 32.2. The summed E-state index contributed by atoms with van der Waals surface area (Å²) in [7, 11) is 1.90. The molecule has 0 unspecified atom stereocenters. The zero-order valence-corrected chi connectivity index (χ0v) is 15.1. The molecule has 2 atom stereocenters. The average molecular weight is 344 g/mol. The Morgan fingerprint density at radius 2 is 2.12 bits per heavy atom. The molecule has 1 aromatic carbocycles. The molecule has 1 fully saturated rings. The van der Waals surface area contributed by atoms with Crippen molar-refractivity contribution in [2.24, 2.45) is 7.05 Å². The van der Waals surface area contributed by atoms with E-state index in [0.717, 1.165) is 31.0 Å². The van der Waals surface area contributed by atoms with E-state index in [9.17, 15) is 4.79 Å². The highest BCUT2D eigenvalue weighted by molar-refractivity contribution is 8.00. The van der Waals surface area contributed by atoms with Crippen molar-refractivity contribution in [2.75, 3.05) is 6.54 Å². The van der Waals surface area contributed by atoms with Gasteiger partial charge in [0.2, 0.25) is 5.91 Å². The number of hydrogen-bond acceptors (Lipinski definition) is 4. The number of nitrogens with zero attached hydrogens (tertiary/aromatic N) is 4. The molecular weight excluding hydrogens is 320 g/mol. The van der Waals surface area contributed by atoms with Gasteiger partial charge in [-0.1, -0.05) is 42.1 Å². The van der Waals surface area contributed by atoms with Crippen molar-refractivity contribution in [2.45, 2.75) is 49.1 Å². The van der Waals surface area contributed by atoms with Crippen LogP contribution in [0.1, 0.15) is 31.7 Å². The van der Waals surface area contributed by atoms with E-state index in [-0.39, 0.29) is 11.2 Å². The minimum absolute atomic E-state index is 0.149. The molecule has 1 aliphatic heterocycles. The lowest BCUT2D eigenvalue weighted by molar-refractivity contribution is -0.133. The highest BCUT2D eigenvalue weighted by Crippen LogP contribution is 2.26. The third-order valence-corrected chi connectivity index (χ3v) is 5.66. The number of carbonyl (C=O) groups excluding carboxylic acids is 1. The molecule has 1 aliphatic rings. The van der Waals surface area contributed by atoms with Gasteiger partial charge >= 0.3 is 0 Å². The van der Waals surface area contributed by atoms with Crippen molar-refractivity contribution < 1.29 is 4.79 Å². The summed E-state index contributed by atoms with van der Waals surface area (Å²) in [6.45, 7) is 2.83. The molecule has 3 rings (SSSR count). The predicted molar refractivity (Wildman–Crippen MR) is 95.8 cm³/mol. The number of aryl methyl sites for hydroxylation is 1. The number of piperidine rings is 1. The number of aromatic nitrogens is 3. The van der Waals surface area contributed by atoms with Crippen molar-refractivity contribution in [3.63, 3.8) is 0 Å². The molecule has 0 bridgehead atoms. The van der Waals surface area contributed by atoms with Gasteiger partial charge in [0.25, 0.3) is 0 Å². The molecule has 1 saturated heterocycles. The van der Waals surface area contributed by atoms with Gasteiger partial charge in [-0.15, -0.1) is 10.2 Å². The number of amides is 1. The van der Waals surface area contributed by atoms with E-state index >= 15 is 0 Å². The Morgan fingerprint density at radius 3 is 2.83 bits per heavy atom. The van der Waals surface area contributed by atoms with Crippen LogP contribution in [0.3, 0.4) is 0 Å². The summed E-state index contributed by atoms with van der Waals surface area (Å²) >= 11 is 1.49. The first-order valence-corrected chi connectivity index (χ1v) is 9.38. The summed E-state index contributed by atoms with van der Waals surface area (Å²) in [4.78, 5) is 15.1. The molecule has 24 heavy (non-hydrogen) atoms. The summed E-state index contributed by atoms with van der Waals surface area (Å²) in [5, 5.41) is 8.60. The van der Waals surface area contributed by atoms with Crippen LogP contribution in [0.5, 0.6) is 0 Å². The largest absolute Gasteiger partial charge is 0.338 e. The monoisotopic (exact) mass is 344 g/mol. The number of benzene rings is 1.